The second-order valence-electron chi connectivity index (χ2n) is 17.9. The number of likely N-dealkylation sites (tertiary alicyclic amines) is 1. The number of anilines is 1. The van der Waals surface area contributed by atoms with Crippen LogP contribution in [0.5, 0.6) is 11.5 Å². The van der Waals surface area contributed by atoms with Gasteiger partial charge in [-0.2, -0.15) is 15.2 Å². The minimum absolute atomic E-state index is 0.0637. The third-order valence-corrected chi connectivity index (χ3v) is 13.0. The molecule has 1 fully saturated rings. The van der Waals surface area contributed by atoms with Crippen molar-refractivity contribution in [2.24, 2.45) is 0 Å². The maximum Gasteiger partial charge on any atom is 0.258 e. The van der Waals surface area contributed by atoms with Gasteiger partial charge in [-0.1, -0.05) is 46.7 Å². The molecule has 338 valence electrons. The zero-order valence-corrected chi connectivity index (χ0v) is 38.0. The smallest absolute Gasteiger partial charge is 0.258 e. The van der Waals surface area contributed by atoms with Gasteiger partial charge in [0.05, 0.1) is 23.9 Å². The van der Waals surface area contributed by atoms with Gasteiger partial charge < -0.3 is 39.5 Å². The first-order valence-electron chi connectivity index (χ1n) is 23.0. The van der Waals surface area contributed by atoms with E-state index in [0.717, 1.165) is 84.8 Å². The highest BCUT2D eigenvalue weighted by molar-refractivity contribution is 5.70. The molecule has 0 radical (unpaired) electrons. The Morgan fingerprint density at radius 2 is 1.53 bits per heavy atom. The molecule has 10 rings (SSSR count). The molecule has 4 unspecified atom stereocenters. The molecule has 3 aliphatic rings. The third-order valence-electron chi connectivity index (χ3n) is 13.0. The molecule has 0 spiro atoms. The Kier molecular flexibility index (Phi) is 12.1. The fraction of sp³-hybridized carbons (Fsp3) is 0.373. The van der Waals surface area contributed by atoms with E-state index < -0.39 is 0 Å². The maximum absolute atomic E-state index is 10.2. The van der Waals surface area contributed by atoms with Crippen molar-refractivity contribution >= 4 is 5.69 Å². The summed E-state index contributed by atoms with van der Waals surface area (Å²) in [6.07, 6.45) is 6.68. The lowest BCUT2D eigenvalue weighted by Gasteiger charge is -2.25. The molecule has 1 saturated heterocycles. The van der Waals surface area contributed by atoms with E-state index in [4.69, 9.17) is 28.5 Å². The topological polar surface area (TPSA) is 188 Å². The van der Waals surface area contributed by atoms with Crippen molar-refractivity contribution in [2.75, 3.05) is 32.0 Å². The van der Waals surface area contributed by atoms with Crippen molar-refractivity contribution in [1.29, 1.82) is 5.26 Å². The van der Waals surface area contributed by atoms with Crippen LogP contribution in [-0.4, -0.2) is 80.1 Å². The molecule has 4 aromatic carbocycles. The Hall–Kier alpha value is -6.86. The fourth-order valence-corrected chi connectivity index (χ4v) is 9.87. The highest BCUT2D eigenvalue weighted by atomic mass is 16.5. The molecular formula is C51H55N11O4. The number of aryl methyl sites for hydroxylation is 1. The molecule has 0 bridgehead atoms. The molecule has 1 aliphatic heterocycles. The van der Waals surface area contributed by atoms with Gasteiger partial charge in [-0.3, -0.25) is 4.90 Å². The number of hydrogen-bond acceptors (Lipinski definition) is 14. The predicted molar refractivity (Wildman–Crippen MR) is 251 cm³/mol. The van der Waals surface area contributed by atoms with Crippen molar-refractivity contribution < 1.29 is 18.5 Å². The Balaban J connectivity index is 0.737. The number of nitrogens with zero attached hydrogens (tertiary/aromatic N) is 7. The van der Waals surface area contributed by atoms with Gasteiger partial charge in [0.25, 0.3) is 11.8 Å². The highest BCUT2D eigenvalue weighted by Gasteiger charge is 2.35. The van der Waals surface area contributed by atoms with Crippen molar-refractivity contribution in [2.45, 2.75) is 96.7 Å². The van der Waals surface area contributed by atoms with Gasteiger partial charge >= 0.3 is 0 Å². The molecular weight excluding hydrogens is 831 g/mol. The lowest BCUT2D eigenvalue weighted by atomic mass is 10.0. The van der Waals surface area contributed by atoms with Crippen molar-refractivity contribution in [1.82, 2.24) is 45.8 Å². The average Bonchev–Trinajstić information content (AvgIpc) is 4.19. The molecule has 4 heterocycles. The summed E-state index contributed by atoms with van der Waals surface area (Å²) in [6, 6.07) is 27.2. The maximum atomic E-state index is 10.2. The van der Waals surface area contributed by atoms with Crippen LogP contribution in [0.1, 0.15) is 91.5 Å². The molecule has 15 heteroatoms. The van der Waals surface area contributed by atoms with Gasteiger partial charge in [0.1, 0.15) is 29.5 Å². The lowest BCUT2D eigenvalue weighted by molar-refractivity contribution is 0.205. The number of H-pyrrole nitrogens is 1. The number of aromatic amines is 1. The highest BCUT2D eigenvalue weighted by Crippen LogP contribution is 2.42. The fourth-order valence-electron chi connectivity index (χ4n) is 9.87. The number of nitriles is 1. The zero-order valence-electron chi connectivity index (χ0n) is 38.0. The Bertz CT molecular complexity index is 2890. The summed E-state index contributed by atoms with van der Waals surface area (Å²) in [4.78, 5) is 20.0. The second-order valence-corrected chi connectivity index (χ2v) is 17.9. The number of imidazole rings is 1. The first-order valence-corrected chi connectivity index (χ1v) is 23.0. The monoisotopic (exact) mass is 885 g/mol. The van der Waals surface area contributed by atoms with E-state index in [1.54, 1.807) is 6.07 Å². The van der Waals surface area contributed by atoms with Gasteiger partial charge in [-0.25, -0.2) is 4.98 Å². The Morgan fingerprint density at radius 1 is 0.833 bits per heavy atom. The number of fused-ring (bicyclic) bond motifs is 2. The molecule has 4 N–H and O–H groups in total. The van der Waals surface area contributed by atoms with Gasteiger partial charge in [0, 0.05) is 79.0 Å². The van der Waals surface area contributed by atoms with E-state index in [1.807, 2.05) is 83.4 Å². The first kappa shape index (κ1) is 43.1. The molecule has 0 amide bonds. The molecule has 66 heavy (non-hydrogen) atoms. The number of benzene rings is 4. The van der Waals surface area contributed by atoms with Crippen LogP contribution in [0.2, 0.25) is 0 Å². The normalized spacial score (nSPS) is 18.3. The van der Waals surface area contributed by atoms with Crippen LogP contribution >= 0.6 is 0 Å². The molecule has 0 saturated carbocycles. The van der Waals surface area contributed by atoms with Crippen LogP contribution in [0.4, 0.5) is 5.69 Å². The molecule has 3 aromatic heterocycles. The summed E-state index contributed by atoms with van der Waals surface area (Å²) in [7, 11) is 1.87. The van der Waals surface area contributed by atoms with Gasteiger partial charge in [-0.15, -0.1) is 0 Å². The van der Waals surface area contributed by atoms with Gasteiger partial charge in [0.2, 0.25) is 11.6 Å². The summed E-state index contributed by atoms with van der Waals surface area (Å²) in [5, 5.41) is 29.6. The lowest BCUT2D eigenvalue weighted by Crippen LogP contribution is -2.39. The van der Waals surface area contributed by atoms with Crippen LogP contribution in [0.3, 0.4) is 0 Å². The van der Waals surface area contributed by atoms with E-state index in [2.05, 4.69) is 71.5 Å². The number of rotatable bonds is 16. The summed E-state index contributed by atoms with van der Waals surface area (Å²) >= 11 is 0. The zero-order chi connectivity index (χ0) is 45.3. The number of hydrogen-bond donors (Lipinski definition) is 4. The van der Waals surface area contributed by atoms with Gasteiger partial charge in [0.15, 0.2) is 0 Å². The average molecular weight is 886 g/mol. The van der Waals surface area contributed by atoms with E-state index in [-0.39, 0.29) is 18.2 Å². The quantitative estimate of drug-likeness (QED) is 0.0721. The van der Waals surface area contributed by atoms with Crippen LogP contribution in [-0.2, 0) is 19.4 Å². The number of ether oxygens (including phenoxy) is 2. The predicted octanol–water partition coefficient (Wildman–Crippen LogP) is 8.75. The Morgan fingerprint density at radius 3 is 2.23 bits per heavy atom. The SMILES string of the molecule is CNc1cc(-c2nc(-c3cccc4c3CCC4N3CCC(NCC(C)Oc4ccc(-c5nc(-c6cccc7c6CCC7NCc6ncc(C)[nH]6)no5)cc4C#N)C3)no2)ccc1OC(C)C. The summed E-state index contributed by atoms with van der Waals surface area (Å²) < 4.78 is 23.9. The Labute approximate surface area is 384 Å². The van der Waals surface area contributed by atoms with Crippen molar-refractivity contribution in [3.05, 3.63) is 118 Å². The third kappa shape index (κ3) is 8.79. The summed E-state index contributed by atoms with van der Waals surface area (Å²) in [6.45, 7) is 11.3. The standard InChI is InChI=1S/C51H55N11O4/c1-29(2)63-46-19-13-33(23-43(46)53-5)51-59-49(61-66-51)41-11-7-9-39-37(41)15-17-44(39)62-21-20-35(28-62)54-26-31(4)64-45-18-12-32(22-34(45)24-52)50-58-48(60-65-50)40-10-6-8-38-36(40)14-16-42(38)55-27-47-56-25-30(3)57-47/h6-13,18-19,22-23,25,29,31,35,42,44,53-55H,14-17,20-21,26-28H2,1-5H3,(H,56,57). The first-order chi connectivity index (χ1) is 32.2. The van der Waals surface area contributed by atoms with Gasteiger partial charge in [-0.05, 0) is 118 Å². The van der Waals surface area contributed by atoms with Crippen LogP contribution in [0, 0.1) is 18.3 Å². The van der Waals surface area contributed by atoms with E-state index in [1.165, 1.54) is 22.3 Å². The molecule has 7 aromatic rings. The van der Waals surface area contributed by atoms with E-state index in [9.17, 15) is 5.26 Å². The van der Waals surface area contributed by atoms with Crippen molar-refractivity contribution in [3.63, 3.8) is 0 Å². The van der Waals surface area contributed by atoms with Crippen LogP contribution < -0.4 is 25.4 Å². The summed E-state index contributed by atoms with van der Waals surface area (Å²) in [5.41, 5.74) is 10.9. The van der Waals surface area contributed by atoms with Crippen molar-refractivity contribution in [3.8, 4) is 63.3 Å². The molecule has 15 nitrogen and oxygen atoms in total. The minimum atomic E-state index is -0.167. The largest absolute Gasteiger partial charge is 0.489 e. The molecule has 4 atom stereocenters. The number of nitrogens with one attached hydrogen (secondary N) is 4. The minimum Gasteiger partial charge on any atom is -0.489 e. The second kappa shape index (κ2) is 18.6. The van der Waals surface area contributed by atoms with E-state index in [0.29, 0.717) is 65.5 Å². The van der Waals surface area contributed by atoms with Crippen LogP contribution in [0.25, 0.3) is 45.7 Å². The van der Waals surface area contributed by atoms with Crippen LogP contribution in [0.15, 0.2) is 88.0 Å². The summed E-state index contributed by atoms with van der Waals surface area (Å²) in [5.74, 6) is 4.20. The molecule has 2 aliphatic carbocycles. The number of aromatic nitrogens is 6. The van der Waals surface area contributed by atoms with E-state index >= 15 is 0 Å².